The fourth-order valence-corrected chi connectivity index (χ4v) is 0.940. The van der Waals surface area contributed by atoms with Crippen molar-refractivity contribution in [1.82, 2.24) is 5.32 Å². The first kappa shape index (κ1) is 14.4. The summed E-state index contributed by atoms with van der Waals surface area (Å²) in [6, 6.07) is -0.395. The van der Waals surface area contributed by atoms with Crippen molar-refractivity contribution in [3.63, 3.8) is 0 Å². The van der Waals surface area contributed by atoms with Crippen LogP contribution in [0.4, 0.5) is 0 Å². The molecule has 90 valence electrons. The van der Waals surface area contributed by atoms with E-state index in [0.29, 0.717) is 12.5 Å². The van der Waals surface area contributed by atoms with Gasteiger partial charge >= 0.3 is 0 Å². The van der Waals surface area contributed by atoms with E-state index in [-0.39, 0.29) is 17.2 Å². The third kappa shape index (κ3) is 4.65. The Morgan fingerprint density at radius 1 is 1.27 bits per heavy atom. The lowest BCUT2D eigenvalue weighted by Crippen LogP contribution is -2.47. The SMILES string of the molecule is CC(C)C(N)C(=O)NCC(C)(C)C(C)C. The predicted octanol–water partition coefficient (Wildman–Crippen LogP) is 1.77. The van der Waals surface area contributed by atoms with E-state index < -0.39 is 6.04 Å². The van der Waals surface area contributed by atoms with Gasteiger partial charge in [-0.1, -0.05) is 41.5 Å². The highest BCUT2D eigenvalue weighted by Crippen LogP contribution is 2.24. The van der Waals surface area contributed by atoms with E-state index in [1.54, 1.807) is 0 Å². The molecule has 0 aliphatic rings. The molecule has 0 heterocycles. The standard InChI is InChI=1S/C12H26N2O/c1-8(2)10(13)11(15)14-7-12(5,6)9(3)4/h8-10H,7,13H2,1-6H3,(H,14,15). The molecule has 0 aromatic rings. The van der Waals surface area contributed by atoms with Crippen LogP contribution in [0.15, 0.2) is 0 Å². The zero-order chi connectivity index (χ0) is 12.2. The highest BCUT2D eigenvalue weighted by atomic mass is 16.2. The third-order valence-corrected chi connectivity index (χ3v) is 3.30. The Hall–Kier alpha value is -0.570. The zero-order valence-corrected chi connectivity index (χ0v) is 10.9. The Labute approximate surface area is 93.8 Å². The highest BCUT2D eigenvalue weighted by molar-refractivity contribution is 5.81. The summed E-state index contributed by atoms with van der Waals surface area (Å²) in [7, 11) is 0. The molecule has 0 rings (SSSR count). The molecule has 1 atom stereocenters. The summed E-state index contributed by atoms with van der Waals surface area (Å²) in [5.41, 5.74) is 5.87. The maximum atomic E-state index is 11.6. The average Bonchev–Trinajstić information content (AvgIpc) is 2.12. The minimum absolute atomic E-state index is 0.0428. The van der Waals surface area contributed by atoms with Gasteiger partial charge in [0.1, 0.15) is 0 Å². The van der Waals surface area contributed by atoms with Crippen molar-refractivity contribution < 1.29 is 4.79 Å². The summed E-state index contributed by atoms with van der Waals surface area (Å²) in [5.74, 6) is 0.680. The highest BCUT2D eigenvalue weighted by Gasteiger charge is 2.24. The Morgan fingerprint density at radius 3 is 2.07 bits per heavy atom. The molecule has 0 aromatic carbocycles. The van der Waals surface area contributed by atoms with Crippen LogP contribution >= 0.6 is 0 Å². The number of carbonyl (C=O) groups excluding carboxylic acids is 1. The maximum Gasteiger partial charge on any atom is 0.237 e. The molecule has 0 fully saturated rings. The largest absolute Gasteiger partial charge is 0.354 e. The van der Waals surface area contributed by atoms with Crippen molar-refractivity contribution >= 4 is 5.91 Å². The van der Waals surface area contributed by atoms with Crippen LogP contribution < -0.4 is 11.1 Å². The van der Waals surface area contributed by atoms with E-state index in [4.69, 9.17) is 5.73 Å². The van der Waals surface area contributed by atoms with Gasteiger partial charge in [-0.2, -0.15) is 0 Å². The van der Waals surface area contributed by atoms with Gasteiger partial charge in [-0.3, -0.25) is 4.79 Å². The van der Waals surface area contributed by atoms with Crippen molar-refractivity contribution in [3.8, 4) is 0 Å². The van der Waals surface area contributed by atoms with Gasteiger partial charge in [0.05, 0.1) is 6.04 Å². The molecule has 0 aliphatic heterocycles. The van der Waals surface area contributed by atoms with Crippen molar-refractivity contribution in [1.29, 1.82) is 0 Å². The van der Waals surface area contributed by atoms with E-state index in [9.17, 15) is 4.79 Å². The first-order chi connectivity index (χ1) is 6.68. The molecule has 0 saturated heterocycles. The molecule has 0 aliphatic carbocycles. The smallest absolute Gasteiger partial charge is 0.237 e. The minimum atomic E-state index is -0.395. The number of rotatable bonds is 5. The van der Waals surface area contributed by atoms with Gasteiger partial charge in [0, 0.05) is 6.54 Å². The van der Waals surface area contributed by atoms with Crippen molar-refractivity contribution in [2.24, 2.45) is 23.0 Å². The molecule has 1 amide bonds. The fraction of sp³-hybridized carbons (Fsp3) is 0.917. The molecule has 0 radical (unpaired) electrons. The number of amides is 1. The summed E-state index contributed by atoms with van der Waals surface area (Å²) in [6.07, 6.45) is 0. The molecule has 0 spiro atoms. The number of carbonyl (C=O) groups is 1. The fourth-order valence-electron chi connectivity index (χ4n) is 0.940. The van der Waals surface area contributed by atoms with Gasteiger partial charge in [-0.15, -0.1) is 0 Å². The summed E-state index contributed by atoms with van der Waals surface area (Å²) >= 11 is 0. The van der Waals surface area contributed by atoms with Crippen molar-refractivity contribution in [2.45, 2.75) is 47.6 Å². The second kappa shape index (κ2) is 5.50. The van der Waals surface area contributed by atoms with Crippen molar-refractivity contribution in [3.05, 3.63) is 0 Å². The van der Waals surface area contributed by atoms with Gasteiger partial charge in [0.2, 0.25) is 5.91 Å². The van der Waals surface area contributed by atoms with Gasteiger partial charge in [-0.25, -0.2) is 0 Å². The van der Waals surface area contributed by atoms with Crippen LogP contribution in [0.5, 0.6) is 0 Å². The van der Waals surface area contributed by atoms with E-state index in [1.165, 1.54) is 0 Å². The first-order valence-corrected chi connectivity index (χ1v) is 5.71. The molecule has 0 saturated carbocycles. The van der Waals surface area contributed by atoms with Crippen LogP contribution in [0.1, 0.15) is 41.5 Å². The first-order valence-electron chi connectivity index (χ1n) is 5.71. The van der Waals surface area contributed by atoms with Crippen LogP contribution in [0.3, 0.4) is 0 Å². The Kier molecular flexibility index (Phi) is 5.29. The zero-order valence-electron chi connectivity index (χ0n) is 10.9. The summed E-state index contributed by atoms with van der Waals surface area (Å²) in [5, 5.41) is 2.92. The molecular weight excluding hydrogens is 188 g/mol. The molecule has 0 bridgehead atoms. The van der Waals surface area contributed by atoms with Crippen LogP contribution in [0, 0.1) is 17.3 Å². The lowest BCUT2D eigenvalue weighted by molar-refractivity contribution is -0.123. The van der Waals surface area contributed by atoms with Crippen LogP contribution in [-0.4, -0.2) is 18.5 Å². The van der Waals surface area contributed by atoms with Gasteiger partial charge in [0.25, 0.3) is 0 Å². The van der Waals surface area contributed by atoms with Crippen molar-refractivity contribution in [2.75, 3.05) is 6.54 Å². The minimum Gasteiger partial charge on any atom is -0.354 e. The lowest BCUT2D eigenvalue weighted by Gasteiger charge is -2.30. The number of hydrogen-bond acceptors (Lipinski definition) is 2. The quantitative estimate of drug-likeness (QED) is 0.733. The van der Waals surface area contributed by atoms with Crippen LogP contribution in [-0.2, 0) is 4.79 Å². The predicted molar refractivity (Wildman–Crippen MR) is 64.4 cm³/mol. The monoisotopic (exact) mass is 214 g/mol. The molecule has 3 nitrogen and oxygen atoms in total. The van der Waals surface area contributed by atoms with E-state index in [0.717, 1.165) is 0 Å². The van der Waals surface area contributed by atoms with Crippen LogP contribution in [0.25, 0.3) is 0 Å². The summed E-state index contributed by atoms with van der Waals surface area (Å²) in [6.45, 7) is 13.2. The Balaban J connectivity index is 4.12. The van der Waals surface area contributed by atoms with Gasteiger partial charge in [0.15, 0.2) is 0 Å². The molecule has 15 heavy (non-hydrogen) atoms. The second-order valence-corrected chi connectivity index (χ2v) is 5.63. The molecule has 3 heteroatoms. The third-order valence-electron chi connectivity index (χ3n) is 3.30. The second-order valence-electron chi connectivity index (χ2n) is 5.63. The number of nitrogens with one attached hydrogen (secondary N) is 1. The van der Waals surface area contributed by atoms with E-state index in [1.807, 2.05) is 13.8 Å². The Morgan fingerprint density at radius 2 is 1.73 bits per heavy atom. The number of nitrogens with two attached hydrogens (primary N) is 1. The van der Waals surface area contributed by atoms with Gasteiger partial charge < -0.3 is 11.1 Å². The summed E-state index contributed by atoms with van der Waals surface area (Å²) < 4.78 is 0. The normalized spacial score (nSPS) is 14.5. The van der Waals surface area contributed by atoms with Crippen LogP contribution in [0.2, 0.25) is 0 Å². The molecular formula is C12H26N2O. The average molecular weight is 214 g/mol. The summed E-state index contributed by atoms with van der Waals surface area (Å²) in [4.78, 5) is 11.6. The lowest BCUT2D eigenvalue weighted by atomic mass is 9.81. The topological polar surface area (TPSA) is 55.1 Å². The maximum absolute atomic E-state index is 11.6. The number of hydrogen-bond donors (Lipinski definition) is 2. The van der Waals surface area contributed by atoms with Gasteiger partial charge in [-0.05, 0) is 17.3 Å². The Bertz CT molecular complexity index is 210. The van der Waals surface area contributed by atoms with E-state index in [2.05, 4.69) is 33.0 Å². The molecule has 3 N–H and O–H groups in total. The molecule has 0 aromatic heterocycles. The van der Waals surface area contributed by atoms with E-state index >= 15 is 0 Å². The molecule has 1 unspecified atom stereocenters.